The van der Waals surface area contributed by atoms with Crippen molar-refractivity contribution in [1.82, 2.24) is 5.32 Å². The van der Waals surface area contributed by atoms with Crippen LogP contribution in [0.1, 0.15) is 48.2 Å². The number of methoxy groups -OCH3 is 1. The first kappa shape index (κ1) is 34.5. The number of carbonyl (C=O) groups is 2. The number of halogens is 4. The van der Waals surface area contributed by atoms with E-state index in [1.807, 2.05) is 17.0 Å². The summed E-state index contributed by atoms with van der Waals surface area (Å²) in [5.41, 5.74) is 6.94. The lowest BCUT2D eigenvalue weighted by molar-refractivity contribution is -0.138. The van der Waals surface area contributed by atoms with Gasteiger partial charge in [0.2, 0.25) is 0 Å². The molecule has 4 rings (SSSR count). The second kappa shape index (κ2) is 14.8. The van der Waals surface area contributed by atoms with E-state index in [4.69, 9.17) is 43.8 Å². The Kier molecular flexibility index (Phi) is 11.4. The number of carboxylic acid groups (broad SMARTS) is 1. The molecule has 1 amide bonds. The molecule has 1 unspecified atom stereocenters. The number of benzene rings is 3. The molecule has 13 heteroatoms. The van der Waals surface area contributed by atoms with E-state index in [9.17, 15) is 14.0 Å². The highest BCUT2D eigenvalue weighted by atomic mass is 35.5. The fraction of sp³-hybridized carbons (Fsp3) is 0.344. The number of anilines is 1. The van der Waals surface area contributed by atoms with Crippen LogP contribution in [0, 0.1) is 11.6 Å². The molecule has 0 saturated carbocycles. The summed E-state index contributed by atoms with van der Waals surface area (Å²) in [7, 11) is 1.56. The van der Waals surface area contributed by atoms with Crippen molar-refractivity contribution >= 4 is 57.7 Å². The molecule has 0 saturated heterocycles. The first-order chi connectivity index (χ1) is 21.3. The van der Waals surface area contributed by atoms with Gasteiger partial charge in [-0.25, -0.2) is 8.78 Å². The van der Waals surface area contributed by atoms with Crippen LogP contribution in [0.4, 0.5) is 14.5 Å². The molecule has 0 aliphatic carbocycles. The number of rotatable bonds is 12. The number of amidine groups is 1. The number of carboxylic acids is 1. The van der Waals surface area contributed by atoms with Gasteiger partial charge in [0.25, 0.3) is 5.91 Å². The van der Waals surface area contributed by atoms with Crippen LogP contribution in [0.3, 0.4) is 0 Å². The van der Waals surface area contributed by atoms with Gasteiger partial charge in [0.05, 0.1) is 24.7 Å². The molecule has 0 aromatic heterocycles. The lowest BCUT2D eigenvalue weighted by Gasteiger charge is -2.39. The van der Waals surface area contributed by atoms with Crippen LogP contribution in [0.5, 0.6) is 5.75 Å². The minimum absolute atomic E-state index is 0.0418. The molecular weight excluding hydrogens is 645 g/mol. The highest BCUT2D eigenvalue weighted by Gasteiger charge is 2.41. The Balaban J connectivity index is 1.51. The van der Waals surface area contributed by atoms with Crippen molar-refractivity contribution in [3.05, 3.63) is 93.0 Å². The Morgan fingerprint density at radius 3 is 2.51 bits per heavy atom. The van der Waals surface area contributed by atoms with Gasteiger partial charge < -0.3 is 25.8 Å². The van der Waals surface area contributed by atoms with Crippen molar-refractivity contribution in [3.63, 3.8) is 0 Å². The molecule has 1 aliphatic rings. The third-order valence-corrected chi connectivity index (χ3v) is 9.46. The average molecular weight is 680 g/mol. The summed E-state index contributed by atoms with van der Waals surface area (Å²) >= 11 is 14.0. The Hall–Kier alpha value is -3.38. The number of hydrogen-bond donors (Lipinski definition) is 3. The number of nitrogens with two attached hydrogens (primary N) is 1. The number of ether oxygens (including phenoxy) is 1. The van der Waals surface area contributed by atoms with Gasteiger partial charge in [-0.1, -0.05) is 54.9 Å². The van der Waals surface area contributed by atoms with Gasteiger partial charge in [-0.2, -0.15) is 0 Å². The monoisotopic (exact) mass is 678 g/mol. The summed E-state index contributed by atoms with van der Waals surface area (Å²) in [6.07, 6.45) is 0.534. The van der Waals surface area contributed by atoms with Gasteiger partial charge in [-0.05, 0) is 66.9 Å². The number of aliphatic imine (C=N–C) groups is 1. The van der Waals surface area contributed by atoms with Crippen molar-refractivity contribution in [1.29, 1.82) is 0 Å². The van der Waals surface area contributed by atoms with E-state index in [2.05, 4.69) is 19.2 Å². The van der Waals surface area contributed by atoms with Crippen LogP contribution in [0.2, 0.25) is 10.0 Å². The highest BCUT2D eigenvalue weighted by Crippen LogP contribution is 2.41. The summed E-state index contributed by atoms with van der Waals surface area (Å²) in [5.74, 6) is -2.00. The number of amides is 1. The molecule has 1 heterocycles. The molecule has 4 N–H and O–H groups in total. The van der Waals surface area contributed by atoms with E-state index in [0.717, 1.165) is 17.3 Å². The maximum absolute atomic E-state index is 15.3. The first-order valence-electron chi connectivity index (χ1n) is 14.1. The number of thioether (sulfide) groups is 1. The van der Waals surface area contributed by atoms with Crippen molar-refractivity contribution in [2.75, 3.05) is 25.1 Å². The third-order valence-electron chi connectivity index (χ3n) is 7.79. The molecule has 45 heavy (non-hydrogen) atoms. The van der Waals surface area contributed by atoms with Gasteiger partial charge in [0, 0.05) is 39.5 Å². The fourth-order valence-electron chi connectivity index (χ4n) is 5.03. The number of hydrogen-bond acceptors (Lipinski definition) is 7. The summed E-state index contributed by atoms with van der Waals surface area (Å²) in [5, 5.41) is 12.7. The van der Waals surface area contributed by atoms with E-state index in [-0.39, 0.29) is 46.7 Å². The Labute approximate surface area is 274 Å². The number of aliphatic carboxylic acids is 1. The molecule has 2 atom stereocenters. The Bertz CT molecular complexity index is 1570. The molecule has 3 aromatic carbocycles. The van der Waals surface area contributed by atoms with Gasteiger partial charge in [0.15, 0.2) is 5.17 Å². The van der Waals surface area contributed by atoms with Crippen LogP contribution < -0.4 is 20.7 Å². The largest absolute Gasteiger partial charge is 0.495 e. The second-order valence-corrected chi connectivity index (χ2v) is 12.9. The molecule has 3 aromatic rings. The lowest BCUT2D eigenvalue weighted by atomic mass is 9.77. The van der Waals surface area contributed by atoms with Crippen molar-refractivity contribution in [3.8, 4) is 5.75 Å². The number of nitrogens with one attached hydrogen (secondary N) is 1. The summed E-state index contributed by atoms with van der Waals surface area (Å²) in [6, 6.07) is 13.1. The fourth-order valence-corrected chi connectivity index (χ4v) is 6.68. The first-order valence-corrected chi connectivity index (χ1v) is 15.9. The highest BCUT2D eigenvalue weighted by molar-refractivity contribution is 8.13. The summed E-state index contributed by atoms with van der Waals surface area (Å²) < 4.78 is 34.6. The van der Waals surface area contributed by atoms with Crippen LogP contribution in [-0.2, 0) is 16.0 Å². The van der Waals surface area contributed by atoms with Crippen molar-refractivity contribution in [2.24, 2.45) is 10.7 Å². The topological polar surface area (TPSA) is 117 Å². The van der Waals surface area contributed by atoms with Crippen LogP contribution in [-0.4, -0.2) is 54.4 Å². The molecule has 8 nitrogen and oxygen atoms in total. The number of nitrogens with zero attached hydrogens (tertiary/aromatic N) is 2. The Morgan fingerprint density at radius 2 is 1.87 bits per heavy atom. The lowest BCUT2D eigenvalue weighted by Crippen LogP contribution is -2.48. The SMILES string of the molecule is COc1cc(C(C)(C)C2CN=C(SCc3c(F)cc(C(=O)NCCC[C@H](N)C(=O)O)cc3Cl)N2c2ccc(F)cc2)ccc1Cl. The zero-order valence-corrected chi connectivity index (χ0v) is 27.3. The van der Waals surface area contributed by atoms with Crippen LogP contribution in [0.25, 0.3) is 0 Å². The second-order valence-electron chi connectivity index (χ2n) is 11.1. The predicted octanol–water partition coefficient (Wildman–Crippen LogP) is 6.66. The molecule has 1 aliphatic heterocycles. The van der Waals surface area contributed by atoms with Gasteiger partial charge in [0.1, 0.15) is 23.4 Å². The maximum Gasteiger partial charge on any atom is 0.320 e. The van der Waals surface area contributed by atoms with Crippen molar-refractivity contribution < 1.29 is 28.2 Å². The Morgan fingerprint density at radius 1 is 1.16 bits per heavy atom. The van der Waals surface area contributed by atoms with E-state index in [0.29, 0.717) is 28.9 Å². The minimum atomic E-state index is -1.12. The quantitative estimate of drug-likeness (QED) is 0.184. The maximum atomic E-state index is 15.3. The van der Waals surface area contributed by atoms with Gasteiger partial charge >= 0.3 is 5.97 Å². The number of carbonyl (C=O) groups excluding carboxylic acids is 1. The van der Waals surface area contributed by atoms with E-state index >= 15 is 4.39 Å². The van der Waals surface area contributed by atoms with Crippen molar-refractivity contribution in [2.45, 2.75) is 49.9 Å². The minimum Gasteiger partial charge on any atom is -0.495 e. The average Bonchev–Trinajstić information content (AvgIpc) is 3.43. The van der Waals surface area contributed by atoms with E-state index in [1.54, 1.807) is 25.3 Å². The molecule has 0 spiro atoms. The van der Waals surface area contributed by atoms with Gasteiger partial charge in [-0.15, -0.1) is 0 Å². The van der Waals surface area contributed by atoms with E-state index < -0.39 is 29.2 Å². The van der Waals surface area contributed by atoms with Gasteiger partial charge in [-0.3, -0.25) is 14.6 Å². The smallest absolute Gasteiger partial charge is 0.320 e. The van der Waals surface area contributed by atoms with Crippen LogP contribution >= 0.6 is 35.0 Å². The molecule has 240 valence electrons. The molecular formula is C32H34Cl2F2N4O4S. The molecule has 0 bridgehead atoms. The standard InChI is InChI=1S/C32H34Cl2F2N4O4S/c1-32(2,19-6-11-23(33)27(15-19)44-3)28-16-39-31(40(28)21-9-7-20(35)8-10-21)45-17-22-24(34)13-18(14-25(22)36)29(41)38-12-4-5-26(37)30(42)43/h6-11,13-15,26,28H,4-5,12,16-17,37H2,1-3H3,(H,38,41)(H,42,43)/t26-,28?/m0/s1. The zero-order chi connectivity index (χ0) is 32.9. The van der Waals surface area contributed by atoms with Crippen LogP contribution in [0.15, 0.2) is 59.6 Å². The third kappa shape index (κ3) is 8.07. The molecule has 0 fully saturated rings. The zero-order valence-electron chi connectivity index (χ0n) is 25.0. The normalized spacial score (nSPS) is 15.5. The predicted molar refractivity (Wildman–Crippen MR) is 176 cm³/mol. The summed E-state index contributed by atoms with van der Waals surface area (Å²) in [4.78, 5) is 30.3. The summed E-state index contributed by atoms with van der Waals surface area (Å²) in [6.45, 7) is 4.77. The molecule has 0 radical (unpaired) electrons. The van der Waals surface area contributed by atoms with E-state index in [1.165, 1.54) is 30.0 Å².